The van der Waals surface area contributed by atoms with Crippen LogP contribution in [0.1, 0.15) is 36.5 Å². The highest BCUT2D eigenvalue weighted by Gasteiger charge is 2.37. The molecule has 0 heterocycles. The lowest BCUT2D eigenvalue weighted by Gasteiger charge is -2.08. The molecule has 2 rings (SSSR count). The van der Waals surface area contributed by atoms with Crippen molar-refractivity contribution < 1.29 is 14.5 Å². The van der Waals surface area contributed by atoms with Crippen molar-refractivity contribution in [1.29, 1.82) is 0 Å². The molecule has 0 aromatic heterocycles. The highest BCUT2D eigenvalue weighted by Crippen LogP contribution is 2.39. The fraction of sp³-hybridized carbons (Fsp3) is 0.500. The molecule has 0 bridgehead atoms. The van der Waals surface area contributed by atoms with Crippen molar-refractivity contribution in [3.8, 4) is 0 Å². The lowest BCUT2D eigenvalue weighted by atomic mass is 10.1. The molecule has 1 fully saturated rings. The number of hydrogen-bond donors (Lipinski definition) is 1. The van der Waals surface area contributed by atoms with E-state index < -0.39 is 10.9 Å². The third-order valence-corrected chi connectivity index (χ3v) is 3.54. The summed E-state index contributed by atoms with van der Waals surface area (Å²) in [6.45, 7) is 2.12. The van der Waals surface area contributed by atoms with E-state index in [9.17, 15) is 14.9 Å². The van der Waals surface area contributed by atoms with Gasteiger partial charge in [0.2, 0.25) is 0 Å². The molecular formula is C14H18N2O4. The van der Waals surface area contributed by atoms with Gasteiger partial charge >= 0.3 is 5.97 Å². The third kappa shape index (κ3) is 3.07. The number of benzene rings is 1. The minimum atomic E-state index is -0.496. The summed E-state index contributed by atoms with van der Waals surface area (Å²) in [6.07, 6.45) is 3.24. The van der Waals surface area contributed by atoms with Crippen molar-refractivity contribution in [2.75, 3.05) is 12.4 Å². The fourth-order valence-electron chi connectivity index (χ4n) is 2.37. The number of nitrogens with one attached hydrogen (secondary N) is 1. The van der Waals surface area contributed by atoms with Crippen LogP contribution < -0.4 is 5.32 Å². The van der Waals surface area contributed by atoms with Crippen molar-refractivity contribution in [2.45, 2.75) is 32.2 Å². The molecule has 1 saturated carbocycles. The average Bonchev–Trinajstić information content (AvgIpc) is 3.15. The van der Waals surface area contributed by atoms with E-state index in [0.29, 0.717) is 17.2 Å². The lowest BCUT2D eigenvalue weighted by Crippen LogP contribution is -2.09. The molecular weight excluding hydrogens is 260 g/mol. The van der Waals surface area contributed by atoms with Crippen LogP contribution >= 0.6 is 0 Å². The Morgan fingerprint density at radius 2 is 2.30 bits per heavy atom. The summed E-state index contributed by atoms with van der Waals surface area (Å²) in [7, 11) is 1.29. The van der Waals surface area contributed by atoms with Gasteiger partial charge in [0.15, 0.2) is 0 Å². The minimum Gasteiger partial charge on any atom is -0.465 e. The zero-order chi connectivity index (χ0) is 14.7. The highest BCUT2D eigenvalue weighted by molar-refractivity contribution is 5.91. The Labute approximate surface area is 117 Å². The van der Waals surface area contributed by atoms with Crippen LogP contribution in [0.4, 0.5) is 11.4 Å². The summed E-state index contributed by atoms with van der Waals surface area (Å²) in [5.41, 5.74) is 0.689. The van der Waals surface area contributed by atoms with Gasteiger partial charge in [0.1, 0.15) is 5.69 Å². The second kappa shape index (κ2) is 5.90. The van der Waals surface area contributed by atoms with Gasteiger partial charge in [-0.3, -0.25) is 10.1 Å². The van der Waals surface area contributed by atoms with Crippen LogP contribution in [0, 0.1) is 16.0 Å². The number of ether oxygens (including phenoxy) is 1. The van der Waals surface area contributed by atoms with E-state index >= 15 is 0 Å². The maximum Gasteiger partial charge on any atom is 0.337 e. The van der Waals surface area contributed by atoms with E-state index in [-0.39, 0.29) is 11.7 Å². The average molecular weight is 278 g/mol. The Hall–Kier alpha value is -2.11. The van der Waals surface area contributed by atoms with Gasteiger partial charge in [-0.1, -0.05) is 13.3 Å². The van der Waals surface area contributed by atoms with Crippen LogP contribution in [0.3, 0.4) is 0 Å². The number of hydrogen-bond acceptors (Lipinski definition) is 5. The van der Waals surface area contributed by atoms with Crippen LogP contribution in [-0.4, -0.2) is 24.0 Å². The third-order valence-electron chi connectivity index (χ3n) is 3.54. The number of anilines is 1. The first kappa shape index (κ1) is 14.3. The van der Waals surface area contributed by atoms with Crippen LogP contribution in [-0.2, 0) is 4.74 Å². The first-order valence-corrected chi connectivity index (χ1v) is 6.70. The lowest BCUT2D eigenvalue weighted by molar-refractivity contribution is -0.384. The van der Waals surface area contributed by atoms with Gasteiger partial charge < -0.3 is 10.1 Å². The fourth-order valence-corrected chi connectivity index (χ4v) is 2.37. The molecule has 1 aliphatic carbocycles. The van der Waals surface area contributed by atoms with Gasteiger partial charge in [0.25, 0.3) is 5.69 Å². The predicted molar refractivity (Wildman–Crippen MR) is 74.9 cm³/mol. The Balaban J connectivity index is 2.19. The van der Waals surface area contributed by atoms with Crippen LogP contribution in [0.2, 0.25) is 0 Å². The van der Waals surface area contributed by atoms with Gasteiger partial charge in [-0.05, 0) is 30.9 Å². The number of nitro groups is 1. The van der Waals surface area contributed by atoms with Gasteiger partial charge in [-0.15, -0.1) is 0 Å². The summed E-state index contributed by atoms with van der Waals surface area (Å²) in [5.74, 6) is 0.0743. The molecule has 1 aliphatic rings. The molecule has 0 aliphatic heterocycles. The molecule has 0 amide bonds. The number of esters is 1. The van der Waals surface area contributed by atoms with Gasteiger partial charge in [-0.25, -0.2) is 4.79 Å². The molecule has 0 radical (unpaired) electrons. The van der Waals surface area contributed by atoms with E-state index in [1.54, 1.807) is 0 Å². The van der Waals surface area contributed by atoms with Crippen LogP contribution in [0.15, 0.2) is 18.2 Å². The Morgan fingerprint density at radius 3 is 2.90 bits per heavy atom. The van der Waals surface area contributed by atoms with E-state index in [0.717, 1.165) is 19.3 Å². The zero-order valence-electron chi connectivity index (χ0n) is 11.6. The first-order chi connectivity index (χ1) is 9.56. The van der Waals surface area contributed by atoms with Crippen LogP contribution in [0.5, 0.6) is 0 Å². The molecule has 0 saturated heterocycles. The van der Waals surface area contributed by atoms with Gasteiger partial charge in [0.05, 0.1) is 17.6 Å². The largest absolute Gasteiger partial charge is 0.465 e. The van der Waals surface area contributed by atoms with Crippen molar-refractivity contribution in [3.05, 3.63) is 33.9 Å². The smallest absolute Gasteiger partial charge is 0.337 e. The Bertz CT molecular complexity index is 530. The maximum absolute atomic E-state index is 11.5. The second-order valence-electron chi connectivity index (χ2n) is 5.02. The van der Waals surface area contributed by atoms with Gasteiger partial charge in [0, 0.05) is 12.1 Å². The predicted octanol–water partition coefficient (Wildman–Crippen LogP) is 2.98. The molecule has 1 N–H and O–H groups in total. The molecule has 2 atom stereocenters. The van der Waals surface area contributed by atoms with Crippen molar-refractivity contribution in [2.24, 2.45) is 5.92 Å². The number of methoxy groups -OCH3 is 1. The van der Waals surface area contributed by atoms with E-state index in [4.69, 9.17) is 0 Å². The Kier molecular flexibility index (Phi) is 4.22. The molecule has 6 heteroatoms. The topological polar surface area (TPSA) is 81.5 Å². The molecule has 20 heavy (non-hydrogen) atoms. The zero-order valence-corrected chi connectivity index (χ0v) is 11.6. The van der Waals surface area contributed by atoms with E-state index in [1.807, 2.05) is 0 Å². The van der Waals surface area contributed by atoms with Crippen molar-refractivity contribution >= 4 is 17.3 Å². The van der Waals surface area contributed by atoms with Gasteiger partial charge in [-0.2, -0.15) is 0 Å². The first-order valence-electron chi connectivity index (χ1n) is 6.70. The number of carbonyl (C=O) groups is 1. The quantitative estimate of drug-likeness (QED) is 0.491. The molecule has 2 unspecified atom stereocenters. The normalized spacial score (nSPS) is 20.3. The molecule has 6 nitrogen and oxygen atoms in total. The highest BCUT2D eigenvalue weighted by atomic mass is 16.6. The summed E-state index contributed by atoms with van der Waals surface area (Å²) in [4.78, 5) is 22.1. The number of nitrogens with zero attached hydrogens (tertiary/aromatic N) is 1. The number of rotatable bonds is 6. The maximum atomic E-state index is 11.5. The summed E-state index contributed by atoms with van der Waals surface area (Å²) in [6, 6.07) is 4.50. The SMILES string of the molecule is CCCC1CC1Nc1cc(C(=O)OC)ccc1[N+](=O)[O-]. The standard InChI is InChI=1S/C14H18N2O4/c1-3-4-9-7-11(9)15-12-8-10(14(17)20-2)5-6-13(12)16(18)19/h5-6,8-9,11,15H,3-4,7H2,1-2H3. The molecule has 108 valence electrons. The summed E-state index contributed by atoms with van der Waals surface area (Å²) in [5, 5.41) is 14.2. The van der Waals surface area contributed by atoms with Crippen LogP contribution in [0.25, 0.3) is 0 Å². The number of carbonyl (C=O) groups excluding carboxylic acids is 1. The molecule has 1 aromatic rings. The Morgan fingerprint density at radius 1 is 1.55 bits per heavy atom. The van der Waals surface area contributed by atoms with E-state index in [1.165, 1.54) is 25.3 Å². The summed E-state index contributed by atoms with van der Waals surface area (Å²) < 4.78 is 4.64. The van der Waals surface area contributed by atoms with E-state index in [2.05, 4.69) is 17.0 Å². The molecule has 1 aromatic carbocycles. The summed E-state index contributed by atoms with van der Waals surface area (Å²) >= 11 is 0. The monoisotopic (exact) mass is 278 g/mol. The minimum absolute atomic E-state index is 0.0141. The van der Waals surface area contributed by atoms with Crippen molar-refractivity contribution in [1.82, 2.24) is 0 Å². The molecule has 0 spiro atoms. The number of nitro benzene ring substituents is 1. The van der Waals surface area contributed by atoms with Crippen molar-refractivity contribution in [3.63, 3.8) is 0 Å². The second-order valence-corrected chi connectivity index (χ2v) is 5.02.